The lowest BCUT2D eigenvalue weighted by Gasteiger charge is -2.25. The van der Waals surface area contributed by atoms with Crippen molar-refractivity contribution in [3.63, 3.8) is 0 Å². The van der Waals surface area contributed by atoms with Gasteiger partial charge in [0.2, 0.25) is 5.91 Å². The van der Waals surface area contributed by atoms with Gasteiger partial charge in [-0.15, -0.1) is 23.1 Å². The van der Waals surface area contributed by atoms with E-state index in [9.17, 15) is 18.0 Å². The second-order valence-corrected chi connectivity index (χ2v) is 6.35. The van der Waals surface area contributed by atoms with Crippen LogP contribution in [-0.2, 0) is 9.59 Å². The van der Waals surface area contributed by atoms with Gasteiger partial charge in [-0.2, -0.15) is 13.2 Å². The van der Waals surface area contributed by atoms with E-state index in [0.717, 1.165) is 9.90 Å². The molecule has 0 bridgehead atoms. The van der Waals surface area contributed by atoms with Crippen molar-refractivity contribution in [1.29, 1.82) is 5.41 Å². The van der Waals surface area contributed by atoms with E-state index in [1.54, 1.807) is 11.0 Å². The molecule has 2 heterocycles. The Kier molecular flexibility index (Phi) is 6.41. The van der Waals surface area contributed by atoms with E-state index in [1.807, 2.05) is 0 Å². The average molecular weight is 371 g/mol. The Morgan fingerprint density at radius 3 is 2.48 bits per heavy atom. The summed E-state index contributed by atoms with van der Waals surface area (Å²) in [6.45, 7) is 0.224. The summed E-state index contributed by atoms with van der Waals surface area (Å²) in [5.74, 6) is -2.38. The number of anilines is 1. The summed E-state index contributed by atoms with van der Waals surface area (Å²) in [6.07, 6.45) is -5.08. The third-order valence-corrected chi connectivity index (χ3v) is 4.85. The maximum Gasteiger partial charge on any atom is 0.490 e. The number of thiophene rings is 1. The standard InChI is InChI=1S/C9H11N3O2S2.C2HF3O2/c10-8(11)6-3-5-9(16-6)15-4-7(14)12(5)1-2-13;3-2(4,5)1(6)7/h3,13H,1-2,4H2,(H3,10,11);(H,6,7). The van der Waals surface area contributed by atoms with Crippen molar-refractivity contribution in [2.45, 2.75) is 10.4 Å². The van der Waals surface area contributed by atoms with Gasteiger partial charge in [0.1, 0.15) is 5.84 Å². The van der Waals surface area contributed by atoms with Crippen LogP contribution in [0.4, 0.5) is 18.9 Å². The SMILES string of the molecule is N=C(N)c1cc2c(s1)SCC(=O)N2CCO.O=C(O)C(F)(F)F. The van der Waals surface area contributed by atoms with Crippen LogP contribution in [0.15, 0.2) is 10.3 Å². The highest BCUT2D eigenvalue weighted by Gasteiger charge is 2.38. The number of nitrogens with two attached hydrogens (primary N) is 1. The zero-order valence-corrected chi connectivity index (χ0v) is 13.0. The second kappa shape index (κ2) is 7.66. The lowest BCUT2D eigenvalue weighted by Crippen LogP contribution is -2.36. The van der Waals surface area contributed by atoms with Crippen LogP contribution in [0.3, 0.4) is 0 Å². The number of hydrogen-bond acceptors (Lipinski definition) is 6. The smallest absolute Gasteiger partial charge is 0.475 e. The van der Waals surface area contributed by atoms with E-state index in [2.05, 4.69) is 0 Å². The molecule has 1 aliphatic rings. The van der Waals surface area contributed by atoms with Crippen molar-refractivity contribution >= 4 is 46.5 Å². The first-order valence-corrected chi connectivity index (χ1v) is 7.70. The van der Waals surface area contributed by atoms with Crippen LogP contribution in [0.1, 0.15) is 4.88 Å². The normalized spacial score (nSPS) is 13.9. The first-order valence-electron chi connectivity index (χ1n) is 5.90. The number of β-amino-alcohol motifs (C(OH)–C–C–N with tert-alkyl or cyclic N) is 1. The number of carboxylic acid groups (broad SMARTS) is 1. The van der Waals surface area contributed by atoms with Crippen molar-refractivity contribution in [2.24, 2.45) is 5.73 Å². The number of aliphatic hydroxyl groups is 1. The first-order chi connectivity index (χ1) is 10.6. The number of carboxylic acids is 1. The third kappa shape index (κ3) is 5.11. The summed E-state index contributed by atoms with van der Waals surface area (Å²) < 4.78 is 32.7. The van der Waals surface area contributed by atoms with Crippen LogP contribution in [0.25, 0.3) is 0 Å². The van der Waals surface area contributed by atoms with E-state index in [-0.39, 0.29) is 18.3 Å². The van der Waals surface area contributed by atoms with Crippen LogP contribution in [0, 0.1) is 5.41 Å². The van der Waals surface area contributed by atoms with Crippen molar-refractivity contribution in [2.75, 3.05) is 23.8 Å². The summed E-state index contributed by atoms with van der Waals surface area (Å²) in [6, 6.07) is 1.74. The molecule has 0 unspecified atom stereocenters. The van der Waals surface area contributed by atoms with Gasteiger partial charge in [0, 0.05) is 6.54 Å². The Morgan fingerprint density at radius 1 is 1.48 bits per heavy atom. The molecule has 12 heteroatoms. The number of nitrogens with zero attached hydrogens (tertiary/aromatic N) is 1. The molecule has 0 fully saturated rings. The molecule has 0 aromatic carbocycles. The number of aliphatic hydroxyl groups excluding tert-OH is 1. The number of aliphatic carboxylic acids is 1. The molecule has 1 aromatic rings. The van der Waals surface area contributed by atoms with Crippen LogP contribution in [-0.4, -0.2) is 53.0 Å². The molecule has 0 atom stereocenters. The van der Waals surface area contributed by atoms with Crippen molar-refractivity contribution < 1.29 is 33.0 Å². The highest BCUT2D eigenvalue weighted by molar-refractivity contribution is 8.02. The number of thioether (sulfide) groups is 1. The Morgan fingerprint density at radius 2 is 2.04 bits per heavy atom. The molecule has 7 nitrogen and oxygen atoms in total. The largest absolute Gasteiger partial charge is 0.490 e. The van der Waals surface area contributed by atoms with Crippen molar-refractivity contribution in [3.05, 3.63) is 10.9 Å². The topological polar surface area (TPSA) is 128 Å². The van der Waals surface area contributed by atoms with E-state index in [0.29, 0.717) is 17.2 Å². The minimum Gasteiger partial charge on any atom is -0.475 e. The van der Waals surface area contributed by atoms with Crippen LogP contribution < -0.4 is 10.6 Å². The van der Waals surface area contributed by atoms with E-state index < -0.39 is 12.1 Å². The van der Waals surface area contributed by atoms with Crippen LogP contribution in [0.5, 0.6) is 0 Å². The number of halogens is 3. The maximum atomic E-state index is 11.6. The van der Waals surface area contributed by atoms with Crippen LogP contribution in [0.2, 0.25) is 0 Å². The molecular formula is C11H12F3N3O4S2. The van der Waals surface area contributed by atoms with E-state index in [4.69, 9.17) is 26.2 Å². The number of alkyl halides is 3. The highest BCUT2D eigenvalue weighted by Crippen LogP contribution is 2.41. The fourth-order valence-corrected chi connectivity index (χ4v) is 3.64. The van der Waals surface area contributed by atoms with Gasteiger partial charge in [-0.25, -0.2) is 4.79 Å². The van der Waals surface area contributed by atoms with Gasteiger partial charge in [0.15, 0.2) is 0 Å². The zero-order chi connectivity index (χ0) is 17.8. The number of rotatable bonds is 3. The van der Waals surface area contributed by atoms with Crippen LogP contribution >= 0.6 is 23.1 Å². The Balaban J connectivity index is 0.000000322. The maximum absolute atomic E-state index is 11.6. The molecule has 1 aliphatic heterocycles. The zero-order valence-electron chi connectivity index (χ0n) is 11.4. The quantitative estimate of drug-likeness (QED) is 0.465. The summed E-state index contributed by atoms with van der Waals surface area (Å²) in [4.78, 5) is 22.7. The van der Waals surface area contributed by atoms with Gasteiger partial charge in [0.05, 0.1) is 27.1 Å². The van der Waals surface area contributed by atoms with Gasteiger partial charge >= 0.3 is 12.1 Å². The number of fused-ring (bicyclic) bond motifs is 1. The van der Waals surface area contributed by atoms with Gasteiger partial charge in [-0.1, -0.05) is 0 Å². The second-order valence-electron chi connectivity index (χ2n) is 4.06. The lowest BCUT2D eigenvalue weighted by atomic mass is 10.3. The number of nitrogens with one attached hydrogen (secondary N) is 1. The minimum absolute atomic E-state index is 0.0106. The van der Waals surface area contributed by atoms with Crippen molar-refractivity contribution in [3.8, 4) is 0 Å². The van der Waals surface area contributed by atoms with Gasteiger partial charge < -0.3 is 20.8 Å². The Hall–Kier alpha value is -1.79. The van der Waals surface area contributed by atoms with Gasteiger partial charge in [-0.05, 0) is 6.07 Å². The molecule has 0 radical (unpaired) electrons. The lowest BCUT2D eigenvalue weighted by molar-refractivity contribution is -0.192. The molecule has 5 N–H and O–H groups in total. The first kappa shape index (κ1) is 19.3. The third-order valence-electron chi connectivity index (χ3n) is 2.43. The predicted molar refractivity (Wildman–Crippen MR) is 79.2 cm³/mol. The summed E-state index contributed by atoms with van der Waals surface area (Å²) in [5, 5.41) is 23.4. The molecule has 0 saturated carbocycles. The molecule has 23 heavy (non-hydrogen) atoms. The number of amides is 1. The molecule has 128 valence electrons. The fraction of sp³-hybridized carbons (Fsp3) is 0.364. The van der Waals surface area contributed by atoms with Gasteiger partial charge in [0.25, 0.3) is 0 Å². The summed E-state index contributed by atoms with van der Waals surface area (Å²) in [7, 11) is 0. The number of amidine groups is 1. The highest BCUT2D eigenvalue weighted by atomic mass is 32.2. The number of nitrogen functional groups attached to an aromatic ring is 1. The molecule has 1 amide bonds. The molecular weight excluding hydrogens is 359 g/mol. The molecule has 2 rings (SSSR count). The Bertz CT molecular complexity index is 618. The van der Waals surface area contributed by atoms with Gasteiger partial charge in [-0.3, -0.25) is 10.2 Å². The molecule has 1 aromatic heterocycles. The van der Waals surface area contributed by atoms with E-state index in [1.165, 1.54) is 23.1 Å². The number of carbonyl (C=O) groups excluding carboxylic acids is 1. The van der Waals surface area contributed by atoms with Crippen molar-refractivity contribution in [1.82, 2.24) is 0 Å². The Labute approximate surface area is 136 Å². The number of carbonyl (C=O) groups is 2. The molecule has 0 spiro atoms. The average Bonchev–Trinajstić information content (AvgIpc) is 2.86. The number of hydrogen-bond donors (Lipinski definition) is 4. The predicted octanol–water partition coefficient (Wildman–Crippen LogP) is 1.10. The molecule has 0 aliphatic carbocycles. The fourth-order valence-electron chi connectivity index (χ4n) is 1.47. The minimum atomic E-state index is -5.08. The van der Waals surface area contributed by atoms with E-state index >= 15 is 0 Å². The summed E-state index contributed by atoms with van der Waals surface area (Å²) >= 11 is 2.87. The molecule has 0 saturated heterocycles. The monoisotopic (exact) mass is 371 g/mol. The summed E-state index contributed by atoms with van der Waals surface area (Å²) in [5.41, 5.74) is 6.18.